The molecule has 0 bridgehead atoms. The van der Waals surface area contributed by atoms with Crippen molar-refractivity contribution in [2.75, 3.05) is 24.2 Å². The molecule has 0 atom stereocenters. The van der Waals surface area contributed by atoms with Crippen molar-refractivity contribution in [1.82, 2.24) is 0 Å². The van der Waals surface area contributed by atoms with Crippen molar-refractivity contribution in [1.29, 1.82) is 0 Å². The lowest BCUT2D eigenvalue weighted by Crippen LogP contribution is -2.23. The number of hydrogen-bond donors (Lipinski definition) is 2. The number of nitrogens with zero attached hydrogens (tertiary/aromatic N) is 1. The van der Waals surface area contributed by atoms with Gasteiger partial charge in [-0.25, -0.2) is 4.79 Å². The highest BCUT2D eigenvalue weighted by Gasteiger charge is 2.25. The van der Waals surface area contributed by atoms with Crippen LogP contribution in [0.4, 0.5) is 5.00 Å². The first-order valence-corrected chi connectivity index (χ1v) is 13.1. The van der Waals surface area contributed by atoms with Crippen LogP contribution in [0.5, 0.6) is 0 Å². The van der Waals surface area contributed by atoms with Crippen molar-refractivity contribution in [3.05, 3.63) is 51.4 Å². The number of thioether (sulfide) groups is 2. The molecule has 2 aliphatic rings. The molecule has 0 radical (unpaired) electrons. The third kappa shape index (κ3) is 5.36. The predicted molar refractivity (Wildman–Crippen MR) is 131 cm³/mol. The lowest BCUT2D eigenvalue weighted by atomic mass is 9.95. The fourth-order valence-corrected chi connectivity index (χ4v) is 7.00. The molecule has 1 aromatic heterocycles. The minimum absolute atomic E-state index is 0.388. The number of amides is 2. The molecule has 7 nitrogen and oxygen atoms in total. The summed E-state index contributed by atoms with van der Waals surface area (Å²) >= 11 is 4.69. The standard InChI is InChI=1S/C22H23N3O4S3/c23-19(27)18-15-7-3-4-8-16(15)32-20(18)25-17(26)11-29-21(28)14-6-2-1-5-13(14)12-31-22-24-9-10-30-22/h1-2,5-6H,3-4,7-12H2,(H2,23,27)(H,25,26). The Labute approximate surface area is 198 Å². The van der Waals surface area contributed by atoms with Gasteiger partial charge >= 0.3 is 5.97 Å². The highest BCUT2D eigenvalue weighted by molar-refractivity contribution is 8.38. The molecule has 1 aliphatic carbocycles. The number of primary amides is 1. The molecular weight excluding hydrogens is 466 g/mol. The first-order chi connectivity index (χ1) is 15.5. The molecule has 1 aliphatic heterocycles. The first-order valence-electron chi connectivity index (χ1n) is 10.3. The Bertz CT molecular complexity index is 1080. The quantitative estimate of drug-likeness (QED) is 0.572. The van der Waals surface area contributed by atoms with Gasteiger partial charge in [-0.2, -0.15) is 0 Å². The molecule has 2 heterocycles. The number of benzene rings is 1. The van der Waals surface area contributed by atoms with E-state index < -0.39 is 24.4 Å². The van der Waals surface area contributed by atoms with E-state index in [1.807, 2.05) is 12.1 Å². The van der Waals surface area contributed by atoms with Crippen molar-refractivity contribution < 1.29 is 19.1 Å². The molecule has 1 aromatic carbocycles. The monoisotopic (exact) mass is 489 g/mol. The fourth-order valence-electron chi connectivity index (χ4n) is 3.67. The van der Waals surface area contributed by atoms with Crippen LogP contribution < -0.4 is 11.1 Å². The summed E-state index contributed by atoms with van der Waals surface area (Å²) in [5.41, 5.74) is 8.16. The summed E-state index contributed by atoms with van der Waals surface area (Å²) in [7, 11) is 0. The molecule has 2 amide bonds. The van der Waals surface area contributed by atoms with Gasteiger partial charge in [-0.15, -0.1) is 11.3 Å². The van der Waals surface area contributed by atoms with Gasteiger partial charge in [0.05, 0.1) is 17.7 Å². The summed E-state index contributed by atoms with van der Waals surface area (Å²) < 4.78 is 6.29. The van der Waals surface area contributed by atoms with Crippen LogP contribution in [0.2, 0.25) is 0 Å². The Balaban J connectivity index is 1.37. The highest BCUT2D eigenvalue weighted by atomic mass is 32.2. The maximum absolute atomic E-state index is 12.6. The van der Waals surface area contributed by atoms with E-state index in [0.717, 1.165) is 58.4 Å². The minimum atomic E-state index is -0.557. The van der Waals surface area contributed by atoms with Crippen molar-refractivity contribution >= 4 is 62.0 Å². The Hall–Kier alpha value is -2.30. The average Bonchev–Trinajstić information content (AvgIpc) is 3.43. The Morgan fingerprint density at radius 1 is 1.19 bits per heavy atom. The molecule has 0 saturated heterocycles. The summed E-state index contributed by atoms with van der Waals surface area (Å²) in [6.45, 7) is 0.389. The van der Waals surface area contributed by atoms with Crippen molar-refractivity contribution in [3.8, 4) is 0 Å². The number of carbonyl (C=O) groups excluding carboxylic acids is 3. The van der Waals surface area contributed by atoms with E-state index in [1.165, 1.54) is 11.3 Å². The smallest absolute Gasteiger partial charge is 0.338 e. The van der Waals surface area contributed by atoms with Gasteiger partial charge in [0, 0.05) is 16.4 Å². The molecule has 0 saturated carbocycles. The van der Waals surface area contributed by atoms with Crippen LogP contribution in [-0.4, -0.2) is 41.1 Å². The number of rotatable bonds is 7. The van der Waals surface area contributed by atoms with E-state index in [9.17, 15) is 14.4 Å². The maximum Gasteiger partial charge on any atom is 0.338 e. The van der Waals surface area contributed by atoms with Crippen LogP contribution in [0.25, 0.3) is 0 Å². The average molecular weight is 490 g/mol. The zero-order valence-electron chi connectivity index (χ0n) is 17.3. The third-order valence-corrected chi connectivity index (χ3v) is 8.66. The van der Waals surface area contributed by atoms with Gasteiger partial charge in [0.15, 0.2) is 6.61 Å². The number of esters is 1. The van der Waals surface area contributed by atoms with Crippen LogP contribution in [-0.2, 0) is 28.1 Å². The van der Waals surface area contributed by atoms with E-state index in [1.54, 1.807) is 35.7 Å². The van der Waals surface area contributed by atoms with Gasteiger partial charge in [-0.1, -0.05) is 41.7 Å². The highest BCUT2D eigenvalue weighted by Crippen LogP contribution is 2.37. The Kier molecular flexibility index (Phi) is 7.54. The van der Waals surface area contributed by atoms with Crippen molar-refractivity contribution in [2.45, 2.75) is 31.4 Å². The van der Waals surface area contributed by atoms with Crippen LogP contribution in [0.1, 0.15) is 49.6 Å². The molecule has 4 rings (SSSR count). The molecule has 0 fully saturated rings. The molecule has 2 aromatic rings. The number of anilines is 1. The second kappa shape index (κ2) is 10.5. The molecule has 168 valence electrons. The Morgan fingerprint density at radius 3 is 2.78 bits per heavy atom. The number of ether oxygens (including phenoxy) is 1. The summed E-state index contributed by atoms with van der Waals surface area (Å²) in [5, 5.41) is 3.15. The summed E-state index contributed by atoms with van der Waals surface area (Å²) in [5.74, 6) is -0.00757. The second-order valence-corrected chi connectivity index (χ2v) is 10.8. The molecule has 3 N–H and O–H groups in total. The normalized spacial score (nSPS) is 15.1. The third-order valence-electron chi connectivity index (χ3n) is 5.15. The summed E-state index contributed by atoms with van der Waals surface area (Å²) in [4.78, 5) is 42.6. The SMILES string of the molecule is NC(=O)c1c(NC(=O)COC(=O)c2ccccc2CSC2=NCCS2)sc2c1CCCC2. The fraction of sp³-hybridized carbons (Fsp3) is 0.364. The molecule has 0 spiro atoms. The second-order valence-electron chi connectivity index (χ2n) is 7.35. The van der Waals surface area contributed by atoms with Crippen molar-refractivity contribution in [2.24, 2.45) is 10.7 Å². The molecule has 0 unspecified atom stereocenters. The zero-order valence-corrected chi connectivity index (χ0v) is 19.8. The van der Waals surface area contributed by atoms with Crippen molar-refractivity contribution in [3.63, 3.8) is 0 Å². The summed E-state index contributed by atoms with van der Waals surface area (Å²) in [6.07, 6.45) is 3.72. The Morgan fingerprint density at radius 2 is 2.00 bits per heavy atom. The van der Waals surface area contributed by atoms with Gasteiger partial charge in [0.25, 0.3) is 11.8 Å². The van der Waals surface area contributed by atoms with E-state index in [0.29, 0.717) is 21.9 Å². The number of carbonyl (C=O) groups is 3. The zero-order chi connectivity index (χ0) is 22.5. The number of aliphatic imine (C=N–C) groups is 1. The van der Waals surface area contributed by atoms with E-state index in [4.69, 9.17) is 10.5 Å². The molecular formula is C22H23N3O4S3. The van der Waals surface area contributed by atoms with Gasteiger partial charge in [0.1, 0.15) is 9.38 Å². The minimum Gasteiger partial charge on any atom is -0.452 e. The summed E-state index contributed by atoms with van der Waals surface area (Å²) in [6, 6.07) is 7.20. The topological polar surface area (TPSA) is 111 Å². The number of thiophene rings is 1. The maximum atomic E-state index is 12.6. The van der Waals surface area contributed by atoms with Gasteiger partial charge in [0.2, 0.25) is 0 Å². The predicted octanol–water partition coefficient (Wildman–Crippen LogP) is 3.86. The van der Waals surface area contributed by atoms with E-state index >= 15 is 0 Å². The van der Waals surface area contributed by atoms with Crippen LogP contribution in [0.3, 0.4) is 0 Å². The largest absolute Gasteiger partial charge is 0.452 e. The first kappa shape index (κ1) is 22.9. The van der Waals surface area contributed by atoms with E-state index in [2.05, 4.69) is 10.3 Å². The van der Waals surface area contributed by atoms with Crippen LogP contribution in [0.15, 0.2) is 29.3 Å². The van der Waals surface area contributed by atoms with Gasteiger partial charge < -0.3 is 15.8 Å². The number of hydrogen-bond acceptors (Lipinski definition) is 8. The lowest BCUT2D eigenvalue weighted by molar-refractivity contribution is -0.119. The van der Waals surface area contributed by atoms with E-state index in [-0.39, 0.29) is 0 Å². The van der Waals surface area contributed by atoms with Gasteiger partial charge in [-0.05, 0) is 42.9 Å². The van der Waals surface area contributed by atoms with Crippen LogP contribution in [0, 0.1) is 0 Å². The number of fused-ring (bicyclic) bond motifs is 1. The van der Waals surface area contributed by atoms with Crippen LogP contribution >= 0.6 is 34.9 Å². The lowest BCUT2D eigenvalue weighted by Gasteiger charge is -2.11. The number of nitrogens with two attached hydrogens (primary N) is 1. The number of nitrogens with one attached hydrogen (secondary N) is 1. The molecule has 32 heavy (non-hydrogen) atoms. The molecule has 10 heteroatoms. The van der Waals surface area contributed by atoms with Gasteiger partial charge in [-0.3, -0.25) is 14.6 Å². The number of aryl methyl sites for hydroxylation is 1.